The molecule has 0 unspecified atom stereocenters. The molecule has 1 aromatic heterocycles. The minimum Gasteiger partial charge on any atom is -0.496 e. The van der Waals surface area contributed by atoms with Crippen LogP contribution in [0.2, 0.25) is 0 Å². The second-order valence-electron chi connectivity index (χ2n) is 5.27. The third-order valence-corrected chi connectivity index (χ3v) is 3.73. The second-order valence-corrected chi connectivity index (χ2v) is 5.27. The van der Waals surface area contributed by atoms with E-state index < -0.39 is 0 Å². The van der Waals surface area contributed by atoms with Crippen LogP contribution >= 0.6 is 0 Å². The van der Waals surface area contributed by atoms with Gasteiger partial charge in [0.2, 0.25) is 0 Å². The summed E-state index contributed by atoms with van der Waals surface area (Å²) in [6.45, 7) is 2.71. The monoisotopic (exact) mass is 272 g/mol. The number of methoxy groups -OCH3 is 1. The van der Waals surface area contributed by atoms with E-state index in [9.17, 15) is 0 Å². The van der Waals surface area contributed by atoms with Crippen LogP contribution in [0.25, 0.3) is 0 Å². The lowest BCUT2D eigenvalue weighted by Gasteiger charge is -2.18. The Balaban J connectivity index is 1.69. The van der Waals surface area contributed by atoms with Crippen molar-refractivity contribution in [3.8, 4) is 5.75 Å². The number of para-hydroxylation sites is 1. The fourth-order valence-corrected chi connectivity index (χ4v) is 2.75. The number of aromatic nitrogens is 3. The van der Waals surface area contributed by atoms with Gasteiger partial charge in [-0.3, -0.25) is 4.90 Å². The van der Waals surface area contributed by atoms with E-state index in [0.29, 0.717) is 0 Å². The summed E-state index contributed by atoms with van der Waals surface area (Å²) in [6, 6.07) is 8.13. The quantitative estimate of drug-likeness (QED) is 0.833. The highest BCUT2D eigenvalue weighted by Gasteiger charge is 2.18. The molecule has 20 heavy (non-hydrogen) atoms. The molecule has 0 radical (unpaired) electrons. The molecule has 0 atom stereocenters. The molecule has 5 nitrogen and oxygen atoms in total. The van der Waals surface area contributed by atoms with Crippen LogP contribution in [-0.4, -0.2) is 33.8 Å². The molecule has 0 saturated heterocycles. The van der Waals surface area contributed by atoms with Crippen LogP contribution in [-0.2, 0) is 26.1 Å². The van der Waals surface area contributed by atoms with E-state index in [4.69, 9.17) is 4.74 Å². The Labute approximate surface area is 119 Å². The van der Waals surface area contributed by atoms with Crippen molar-refractivity contribution in [3.05, 3.63) is 41.5 Å². The Kier molecular flexibility index (Phi) is 3.69. The van der Waals surface area contributed by atoms with Crippen molar-refractivity contribution in [3.63, 3.8) is 0 Å². The van der Waals surface area contributed by atoms with E-state index in [1.165, 1.54) is 12.0 Å². The first-order valence-corrected chi connectivity index (χ1v) is 6.99. The van der Waals surface area contributed by atoms with Crippen molar-refractivity contribution in [1.82, 2.24) is 19.7 Å². The molecule has 2 heterocycles. The van der Waals surface area contributed by atoms with E-state index in [1.807, 2.05) is 18.2 Å². The van der Waals surface area contributed by atoms with Crippen LogP contribution in [0.1, 0.15) is 23.6 Å². The summed E-state index contributed by atoms with van der Waals surface area (Å²) < 4.78 is 7.64. The second kappa shape index (κ2) is 5.63. The molecule has 5 heteroatoms. The van der Waals surface area contributed by atoms with Gasteiger partial charge in [0.15, 0.2) is 0 Å². The van der Waals surface area contributed by atoms with Gasteiger partial charge in [0.05, 0.1) is 13.7 Å². The Morgan fingerprint density at radius 1 is 1.25 bits per heavy atom. The van der Waals surface area contributed by atoms with Gasteiger partial charge in [-0.25, -0.2) is 0 Å². The number of aryl methyl sites for hydroxylation is 1. The van der Waals surface area contributed by atoms with Crippen LogP contribution in [0.5, 0.6) is 5.75 Å². The highest BCUT2D eigenvalue weighted by molar-refractivity contribution is 5.33. The number of hydrogen-bond donors (Lipinski definition) is 0. The van der Waals surface area contributed by atoms with Crippen molar-refractivity contribution in [2.75, 3.05) is 14.2 Å². The van der Waals surface area contributed by atoms with Gasteiger partial charge in [-0.2, -0.15) is 0 Å². The van der Waals surface area contributed by atoms with E-state index in [-0.39, 0.29) is 0 Å². The van der Waals surface area contributed by atoms with Crippen molar-refractivity contribution in [1.29, 1.82) is 0 Å². The number of rotatable bonds is 5. The smallest absolute Gasteiger partial charge is 0.147 e. The molecule has 1 aromatic carbocycles. The highest BCUT2D eigenvalue weighted by Crippen LogP contribution is 2.20. The first-order chi connectivity index (χ1) is 9.78. The number of fused-ring (bicyclic) bond motifs is 1. The molecule has 1 aliphatic heterocycles. The molecule has 2 aromatic rings. The molecular formula is C15H20N4O. The Hall–Kier alpha value is -1.88. The van der Waals surface area contributed by atoms with Gasteiger partial charge >= 0.3 is 0 Å². The average molecular weight is 272 g/mol. The van der Waals surface area contributed by atoms with Crippen LogP contribution in [0, 0.1) is 0 Å². The van der Waals surface area contributed by atoms with Crippen molar-refractivity contribution in [2.45, 2.75) is 32.5 Å². The topological polar surface area (TPSA) is 43.2 Å². The lowest BCUT2D eigenvalue weighted by Crippen LogP contribution is -2.20. The minimum atomic E-state index is 0.811. The molecule has 3 rings (SSSR count). The molecule has 0 saturated carbocycles. The summed E-state index contributed by atoms with van der Waals surface area (Å²) >= 11 is 0. The summed E-state index contributed by atoms with van der Waals surface area (Å²) in [4.78, 5) is 2.24. The molecule has 0 N–H and O–H groups in total. The summed E-state index contributed by atoms with van der Waals surface area (Å²) in [7, 11) is 3.81. The maximum Gasteiger partial charge on any atom is 0.147 e. The van der Waals surface area contributed by atoms with Gasteiger partial charge < -0.3 is 9.30 Å². The van der Waals surface area contributed by atoms with Gasteiger partial charge in [0.1, 0.15) is 17.4 Å². The molecule has 0 bridgehead atoms. The van der Waals surface area contributed by atoms with Crippen LogP contribution in [0.4, 0.5) is 0 Å². The molecule has 0 fully saturated rings. The highest BCUT2D eigenvalue weighted by atomic mass is 16.5. The number of ether oxygens (including phenoxy) is 1. The molecule has 106 valence electrons. The molecule has 0 spiro atoms. The zero-order valence-corrected chi connectivity index (χ0v) is 12.0. The largest absolute Gasteiger partial charge is 0.496 e. The van der Waals surface area contributed by atoms with Crippen molar-refractivity contribution < 1.29 is 4.74 Å². The number of nitrogens with zero attached hydrogens (tertiary/aromatic N) is 4. The summed E-state index contributed by atoms with van der Waals surface area (Å²) in [5.74, 6) is 3.13. The predicted molar refractivity (Wildman–Crippen MR) is 76.5 cm³/mol. The molecule has 1 aliphatic rings. The van der Waals surface area contributed by atoms with Crippen molar-refractivity contribution in [2.24, 2.45) is 0 Å². The van der Waals surface area contributed by atoms with Gasteiger partial charge in [-0.05, 0) is 19.5 Å². The predicted octanol–water partition coefficient (Wildman–Crippen LogP) is 1.86. The van der Waals surface area contributed by atoms with Crippen LogP contribution in [0.15, 0.2) is 24.3 Å². The first kappa shape index (κ1) is 13.1. The standard InChI is InChI=1S/C15H20N4O/c1-18(10-12-6-3-4-7-13(12)20-2)11-15-17-16-14-8-5-9-19(14)15/h3-4,6-7H,5,8-11H2,1-2H3. The maximum atomic E-state index is 5.40. The average Bonchev–Trinajstić information content (AvgIpc) is 3.04. The summed E-state index contributed by atoms with van der Waals surface area (Å²) in [6.07, 6.45) is 2.25. The lowest BCUT2D eigenvalue weighted by molar-refractivity contribution is 0.298. The SMILES string of the molecule is COc1ccccc1CN(C)Cc1nnc2n1CCC2. The fourth-order valence-electron chi connectivity index (χ4n) is 2.75. The third kappa shape index (κ3) is 2.54. The van der Waals surface area contributed by atoms with Crippen molar-refractivity contribution >= 4 is 0 Å². The lowest BCUT2D eigenvalue weighted by atomic mass is 10.2. The third-order valence-electron chi connectivity index (χ3n) is 3.73. The van der Waals surface area contributed by atoms with Gasteiger partial charge in [-0.15, -0.1) is 10.2 Å². The first-order valence-electron chi connectivity index (χ1n) is 6.99. The Bertz CT molecular complexity index is 593. The van der Waals surface area contributed by atoms with Crippen LogP contribution in [0.3, 0.4) is 0 Å². The zero-order chi connectivity index (χ0) is 13.9. The van der Waals surface area contributed by atoms with E-state index >= 15 is 0 Å². The van der Waals surface area contributed by atoms with E-state index in [1.54, 1.807) is 7.11 Å². The summed E-state index contributed by atoms with van der Waals surface area (Å²) in [5, 5.41) is 8.55. The summed E-state index contributed by atoms with van der Waals surface area (Å²) in [5.41, 5.74) is 1.19. The molecule has 0 aliphatic carbocycles. The van der Waals surface area contributed by atoms with E-state index in [2.05, 4.69) is 32.8 Å². The molecular weight excluding hydrogens is 252 g/mol. The number of hydrogen-bond acceptors (Lipinski definition) is 4. The minimum absolute atomic E-state index is 0.811. The maximum absolute atomic E-state index is 5.40. The van der Waals surface area contributed by atoms with Crippen LogP contribution < -0.4 is 4.74 Å². The molecule has 0 amide bonds. The van der Waals surface area contributed by atoms with E-state index in [0.717, 1.165) is 43.5 Å². The van der Waals surface area contributed by atoms with Gasteiger partial charge in [0, 0.05) is 25.1 Å². The number of benzene rings is 1. The zero-order valence-electron chi connectivity index (χ0n) is 12.0. The Morgan fingerprint density at radius 2 is 2.10 bits per heavy atom. The normalized spacial score (nSPS) is 13.8. The van der Waals surface area contributed by atoms with Gasteiger partial charge in [-0.1, -0.05) is 18.2 Å². The fraction of sp³-hybridized carbons (Fsp3) is 0.467. The van der Waals surface area contributed by atoms with Gasteiger partial charge in [0.25, 0.3) is 0 Å². The Morgan fingerprint density at radius 3 is 2.95 bits per heavy atom.